The number of aromatic amines is 1. The van der Waals surface area contributed by atoms with Crippen LogP contribution in [0.2, 0.25) is 0 Å². The number of carbonyl (C=O) groups excluding carboxylic acids is 2. The second-order valence-electron chi connectivity index (χ2n) is 11.4. The summed E-state index contributed by atoms with van der Waals surface area (Å²) in [7, 11) is 1.69. The fraction of sp³-hybridized carbons (Fsp3) is 0.452. The monoisotopic (exact) mass is 546 g/mol. The van der Waals surface area contributed by atoms with Crippen LogP contribution < -0.4 is 4.74 Å². The zero-order valence-corrected chi connectivity index (χ0v) is 24.2. The molecule has 0 unspecified atom stereocenters. The summed E-state index contributed by atoms with van der Waals surface area (Å²) in [6.45, 7) is 11.2. The Morgan fingerprint density at radius 3 is 2.67 bits per heavy atom. The van der Waals surface area contributed by atoms with E-state index in [1.807, 2.05) is 52.0 Å². The Balaban J connectivity index is 1.55. The van der Waals surface area contributed by atoms with E-state index in [0.29, 0.717) is 18.7 Å². The van der Waals surface area contributed by atoms with Crippen LogP contribution in [0.4, 0.5) is 4.79 Å². The number of nitrogens with one attached hydrogen (secondary N) is 1. The molecule has 1 fully saturated rings. The number of hydrogen-bond acceptors (Lipinski definition) is 7. The summed E-state index contributed by atoms with van der Waals surface area (Å²) in [4.78, 5) is 28.1. The van der Waals surface area contributed by atoms with Crippen molar-refractivity contribution in [3.8, 4) is 5.75 Å². The molecule has 212 valence electrons. The molecule has 1 aliphatic heterocycles. The first-order valence-electron chi connectivity index (χ1n) is 13.9. The first kappa shape index (κ1) is 27.7. The maximum Gasteiger partial charge on any atom is 0.419 e. The number of ether oxygens (including phenoxy) is 3. The maximum absolute atomic E-state index is 13.1. The number of H-pyrrole nitrogens is 1. The molecule has 2 aromatic carbocycles. The van der Waals surface area contributed by atoms with E-state index in [1.165, 1.54) is 0 Å². The molecule has 3 heterocycles. The topological polar surface area (TPSA) is 98.7 Å². The Morgan fingerprint density at radius 2 is 1.95 bits per heavy atom. The molecule has 4 aromatic rings. The van der Waals surface area contributed by atoms with Gasteiger partial charge in [-0.05, 0) is 83.3 Å². The summed E-state index contributed by atoms with van der Waals surface area (Å²) in [5, 5.41) is 9.15. The number of aryl methyl sites for hydroxylation is 1. The third-order valence-corrected chi connectivity index (χ3v) is 7.52. The van der Waals surface area contributed by atoms with Gasteiger partial charge in [-0.3, -0.25) is 14.6 Å². The smallest absolute Gasteiger partial charge is 0.419 e. The number of esters is 1. The van der Waals surface area contributed by atoms with Gasteiger partial charge in [0, 0.05) is 35.1 Å². The molecular weight excluding hydrogens is 508 g/mol. The number of piperidine rings is 1. The number of likely N-dealkylation sites (tertiary alicyclic amines) is 1. The fourth-order valence-electron chi connectivity index (χ4n) is 5.83. The lowest BCUT2D eigenvalue weighted by Crippen LogP contribution is -2.33. The van der Waals surface area contributed by atoms with E-state index in [4.69, 9.17) is 14.2 Å². The molecule has 1 atom stereocenters. The highest BCUT2D eigenvalue weighted by atomic mass is 16.6. The third kappa shape index (κ3) is 5.18. The van der Waals surface area contributed by atoms with Gasteiger partial charge in [0.1, 0.15) is 11.4 Å². The lowest BCUT2D eigenvalue weighted by atomic mass is 9.91. The van der Waals surface area contributed by atoms with Crippen LogP contribution in [0.25, 0.3) is 21.8 Å². The van der Waals surface area contributed by atoms with Crippen LogP contribution in [0, 0.1) is 6.92 Å². The number of hydrogen-bond donors (Lipinski definition) is 1. The van der Waals surface area contributed by atoms with Crippen LogP contribution in [-0.2, 0) is 16.0 Å². The lowest BCUT2D eigenvalue weighted by Gasteiger charge is -2.37. The summed E-state index contributed by atoms with van der Waals surface area (Å²) in [5.74, 6) is 0.447. The van der Waals surface area contributed by atoms with Gasteiger partial charge in [0.25, 0.3) is 0 Å². The van der Waals surface area contributed by atoms with Gasteiger partial charge in [-0.2, -0.15) is 5.10 Å². The molecule has 9 nitrogen and oxygen atoms in total. The Hall–Kier alpha value is -3.85. The van der Waals surface area contributed by atoms with E-state index in [0.717, 1.165) is 70.1 Å². The normalized spacial score (nSPS) is 16.4. The Bertz CT molecular complexity index is 1560. The quantitative estimate of drug-likeness (QED) is 0.275. The molecule has 0 aliphatic carbocycles. The van der Waals surface area contributed by atoms with Crippen molar-refractivity contribution < 1.29 is 23.8 Å². The first-order chi connectivity index (χ1) is 19.1. The minimum absolute atomic E-state index is 0.113. The second-order valence-corrected chi connectivity index (χ2v) is 11.4. The highest BCUT2D eigenvalue weighted by molar-refractivity contribution is 6.04. The summed E-state index contributed by atoms with van der Waals surface area (Å²) in [5.41, 5.74) is 4.68. The Morgan fingerprint density at radius 1 is 1.15 bits per heavy atom. The number of aromatic nitrogens is 3. The van der Waals surface area contributed by atoms with Crippen molar-refractivity contribution in [3.63, 3.8) is 0 Å². The van der Waals surface area contributed by atoms with Crippen molar-refractivity contribution in [2.45, 2.75) is 72.1 Å². The lowest BCUT2D eigenvalue weighted by molar-refractivity contribution is 0.0523. The molecule has 0 spiro atoms. The van der Waals surface area contributed by atoms with Crippen LogP contribution in [0.5, 0.6) is 5.75 Å². The van der Waals surface area contributed by atoms with E-state index >= 15 is 0 Å². The maximum atomic E-state index is 13.1. The molecule has 9 heteroatoms. The second kappa shape index (κ2) is 11.0. The number of fused-ring (bicyclic) bond motifs is 2. The molecular formula is C31H38N4O5. The molecule has 1 saturated heterocycles. The van der Waals surface area contributed by atoms with Gasteiger partial charge in [-0.25, -0.2) is 9.59 Å². The van der Waals surface area contributed by atoms with E-state index in [2.05, 4.69) is 15.1 Å². The van der Waals surface area contributed by atoms with Crippen molar-refractivity contribution >= 4 is 33.9 Å². The minimum Gasteiger partial charge on any atom is -0.496 e. The molecule has 0 radical (unpaired) electrons. The molecule has 1 aliphatic rings. The highest BCUT2D eigenvalue weighted by Gasteiger charge is 2.30. The van der Waals surface area contributed by atoms with Crippen molar-refractivity contribution in [3.05, 3.63) is 58.9 Å². The van der Waals surface area contributed by atoms with Crippen LogP contribution in [0.3, 0.4) is 0 Å². The van der Waals surface area contributed by atoms with Crippen LogP contribution in [0.15, 0.2) is 36.7 Å². The molecule has 5 rings (SSSR count). The zero-order chi connectivity index (χ0) is 28.6. The summed E-state index contributed by atoms with van der Waals surface area (Å²) in [6, 6.07) is 7.96. The SMILES string of the molecule is CCOC(=O)c1ccc([C@H]2CCCCN2Cc2c(OC)cc(C)c3c2ccn3C(=O)OC(C)(C)C)c2[nH]ncc12. The van der Waals surface area contributed by atoms with E-state index in [9.17, 15) is 9.59 Å². The number of rotatable bonds is 6. The number of nitrogens with zero attached hydrogens (tertiary/aromatic N) is 3. The average molecular weight is 547 g/mol. The molecule has 0 bridgehead atoms. The van der Waals surface area contributed by atoms with Crippen molar-refractivity contribution in [1.29, 1.82) is 0 Å². The van der Waals surface area contributed by atoms with Gasteiger partial charge >= 0.3 is 12.1 Å². The molecule has 2 aromatic heterocycles. The summed E-state index contributed by atoms with van der Waals surface area (Å²) < 4.78 is 18.4. The van der Waals surface area contributed by atoms with E-state index < -0.39 is 11.7 Å². The van der Waals surface area contributed by atoms with Gasteiger partial charge in [0.15, 0.2) is 0 Å². The third-order valence-electron chi connectivity index (χ3n) is 7.52. The molecule has 1 N–H and O–H groups in total. The van der Waals surface area contributed by atoms with Gasteiger partial charge < -0.3 is 14.2 Å². The van der Waals surface area contributed by atoms with Crippen LogP contribution in [-0.4, -0.2) is 57.6 Å². The van der Waals surface area contributed by atoms with Gasteiger partial charge in [-0.1, -0.05) is 12.5 Å². The van der Waals surface area contributed by atoms with Crippen LogP contribution in [0.1, 0.15) is 80.0 Å². The zero-order valence-electron chi connectivity index (χ0n) is 24.2. The highest BCUT2D eigenvalue weighted by Crippen LogP contribution is 2.40. The van der Waals surface area contributed by atoms with E-state index in [-0.39, 0.29) is 12.0 Å². The Labute approximate surface area is 234 Å². The predicted molar refractivity (Wildman–Crippen MR) is 154 cm³/mol. The Kier molecular flexibility index (Phi) is 7.59. The summed E-state index contributed by atoms with van der Waals surface area (Å²) in [6.07, 6.45) is 6.24. The fourth-order valence-corrected chi connectivity index (χ4v) is 5.83. The largest absolute Gasteiger partial charge is 0.496 e. The van der Waals surface area contributed by atoms with Gasteiger partial charge in [-0.15, -0.1) is 0 Å². The molecule has 40 heavy (non-hydrogen) atoms. The molecule has 0 amide bonds. The summed E-state index contributed by atoms with van der Waals surface area (Å²) >= 11 is 0. The van der Waals surface area contributed by atoms with Gasteiger partial charge in [0.05, 0.1) is 36.5 Å². The predicted octanol–water partition coefficient (Wildman–Crippen LogP) is 6.52. The number of carbonyl (C=O) groups is 2. The van der Waals surface area contributed by atoms with Crippen molar-refractivity contribution in [2.24, 2.45) is 0 Å². The van der Waals surface area contributed by atoms with Gasteiger partial charge in [0.2, 0.25) is 0 Å². The molecule has 0 saturated carbocycles. The first-order valence-corrected chi connectivity index (χ1v) is 13.9. The average Bonchev–Trinajstić information content (AvgIpc) is 3.58. The van der Waals surface area contributed by atoms with Crippen molar-refractivity contribution in [1.82, 2.24) is 19.7 Å². The number of benzene rings is 2. The van der Waals surface area contributed by atoms with Crippen molar-refractivity contribution in [2.75, 3.05) is 20.3 Å². The standard InChI is InChI=1S/C31H38N4O5/c1-7-39-29(36)21-11-12-22(27-23(21)17-32-33-27)25-10-8-9-14-34(25)18-24-20-13-15-35(30(37)40-31(3,4)5)28(20)19(2)16-26(24)38-6/h11-13,15-17,25H,7-10,14,18H2,1-6H3,(H,32,33)/t25-/m1/s1. The van der Waals surface area contributed by atoms with Crippen LogP contribution >= 0.6 is 0 Å². The van der Waals surface area contributed by atoms with E-state index in [1.54, 1.807) is 31.0 Å². The number of methoxy groups -OCH3 is 1. The minimum atomic E-state index is -0.598.